The molecule has 0 unspecified atom stereocenters. The summed E-state index contributed by atoms with van der Waals surface area (Å²) in [6, 6.07) is 5.45. The second-order valence-corrected chi connectivity index (χ2v) is 5.58. The first kappa shape index (κ1) is 18.8. The van der Waals surface area contributed by atoms with Crippen molar-refractivity contribution in [1.29, 1.82) is 0 Å². The minimum atomic E-state index is -0.0991. The van der Waals surface area contributed by atoms with E-state index in [4.69, 9.17) is 9.47 Å². The highest BCUT2D eigenvalue weighted by molar-refractivity contribution is 8.16. The maximum atomic E-state index is 12.3. The molecule has 23 heavy (non-hydrogen) atoms. The van der Waals surface area contributed by atoms with Gasteiger partial charge in [-0.25, -0.2) is 0 Å². The average Bonchev–Trinajstić information content (AvgIpc) is 2.56. The van der Waals surface area contributed by atoms with E-state index in [9.17, 15) is 4.79 Å². The molecule has 1 amide bonds. The third-order valence-corrected chi connectivity index (χ3v) is 3.63. The Morgan fingerprint density at radius 2 is 2.09 bits per heavy atom. The smallest absolute Gasteiger partial charge is 0.260 e. The van der Waals surface area contributed by atoms with Gasteiger partial charge in [0.2, 0.25) is 0 Å². The van der Waals surface area contributed by atoms with Gasteiger partial charge in [0.15, 0.2) is 0 Å². The van der Waals surface area contributed by atoms with Crippen molar-refractivity contribution in [3.05, 3.63) is 41.3 Å². The molecule has 0 radical (unpaired) electrons. The summed E-state index contributed by atoms with van der Waals surface area (Å²) in [5.74, 6) is 1.23. The number of nitrogens with zero attached hydrogens (tertiary/aromatic N) is 2. The van der Waals surface area contributed by atoms with E-state index < -0.39 is 0 Å². The van der Waals surface area contributed by atoms with Gasteiger partial charge >= 0.3 is 0 Å². The van der Waals surface area contributed by atoms with Crippen molar-refractivity contribution in [1.82, 2.24) is 4.90 Å². The largest absolute Gasteiger partial charge is 0.497 e. The number of ether oxygens (including phenoxy) is 2. The molecule has 0 saturated heterocycles. The van der Waals surface area contributed by atoms with Crippen LogP contribution in [-0.2, 0) is 4.79 Å². The molecule has 0 aliphatic heterocycles. The third kappa shape index (κ3) is 5.83. The number of likely N-dealkylation sites (N-methyl/N-ethyl adjacent to an activating group) is 1. The zero-order valence-electron chi connectivity index (χ0n) is 13.9. The predicted octanol–water partition coefficient (Wildman–Crippen LogP) is 3.08. The number of hydrogen-bond donors (Lipinski definition) is 0. The minimum Gasteiger partial charge on any atom is -0.497 e. The van der Waals surface area contributed by atoms with Crippen LogP contribution in [0.15, 0.2) is 40.8 Å². The first-order chi connectivity index (χ1) is 11.0. The first-order valence-corrected chi connectivity index (χ1v) is 7.82. The number of carbonyl (C=O) groups is 1. The molecule has 0 atom stereocenters. The van der Waals surface area contributed by atoms with Gasteiger partial charge in [0.05, 0.1) is 31.2 Å². The van der Waals surface area contributed by atoms with Gasteiger partial charge < -0.3 is 14.4 Å². The Hall–Kier alpha value is -2.21. The van der Waals surface area contributed by atoms with Gasteiger partial charge in [-0.15, -0.1) is 6.58 Å². The summed E-state index contributed by atoms with van der Waals surface area (Å²) in [5, 5.41) is 0. The van der Waals surface area contributed by atoms with Crippen LogP contribution in [0.3, 0.4) is 0 Å². The molecular weight excluding hydrogens is 312 g/mol. The molecule has 1 aromatic rings. The molecule has 0 spiro atoms. The molecule has 0 saturated carbocycles. The Balaban J connectivity index is 3.16. The molecule has 0 fully saturated rings. The van der Waals surface area contributed by atoms with Crippen LogP contribution in [0.2, 0.25) is 0 Å². The van der Waals surface area contributed by atoms with E-state index in [0.29, 0.717) is 22.9 Å². The van der Waals surface area contributed by atoms with Gasteiger partial charge in [0, 0.05) is 25.7 Å². The molecule has 6 heteroatoms. The number of benzene rings is 1. The average molecular weight is 334 g/mol. The Kier molecular flexibility index (Phi) is 7.97. The molecule has 5 nitrogen and oxygen atoms in total. The summed E-state index contributed by atoms with van der Waals surface area (Å²) < 4.78 is 10.5. The molecular formula is C17H22N2O3S. The van der Waals surface area contributed by atoms with Crippen molar-refractivity contribution in [3.63, 3.8) is 0 Å². The lowest BCUT2D eigenvalue weighted by Gasteiger charge is -2.13. The molecule has 1 rings (SSSR count). The summed E-state index contributed by atoms with van der Waals surface area (Å²) in [5.41, 5.74) is 2.44. The van der Waals surface area contributed by atoms with E-state index in [-0.39, 0.29) is 5.91 Å². The van der Waals surface area contributed by atoms with Crippen LogP contribution in [0.1, 0.15) is 5.56 Å². The number of amides is 1. The Bertz CT molecular complexity index is 610. The monoisotopic (exact) mass is 334 g/mol. The number of thioether (sulfide) groups is 1. The second-order valence-electron chi connectivity index (χ2n) is 4.69. The van der Waals surface area contributed by atoms with E-state index in [1.165, 1.54) is 16.7 Å². The second kappa shape index (κ2) is 9.74. The summed E-state index contributed by atoms with van der Waals surface area (Å²) in [4.78, 5) is 18.5. The molecule has 0 heterocycles. The number of methoxy groups -OCH3 is 2. The number of rotatable bonds is 8. The maximum absolute atomic E-state index is 12.3. The van der Waals surface area contributed by atoms with Gasteiger partial charge in [0.25, 0.3) is 5.91 Å². The summed E-state index contributed by atoms with van der Waals surface area (Å²) in [6.07, 6.45) is 3.48. The molecule has 0 aliphatic rings. The van der Waals surface area contributed by atoms with Crippen molar-refractivity contribution in [2.24, 2.45) is 4.99 Å². The molecule has 0 N–H and O–H groups in total. The van der Waals surface area contributed by atoms with Crippen molar-refractivity contribution >= 4 is 29.3 Å². The highest BCUT2D eigenvalue weighted by Gasteiger charge is 2.13. The van der Waals surface area contributed by atoms with Crippen LogP contribution in [-0.4, -0.2) is 51.2 Å². The van der Waals surface area contributed by atoms with Crippen molar-refractivity contribution < 1.29 is 14.3 Å². The fourth-order valence-corrected chi connectivity index (χ4v) is 2.41. The van der Waals surface area contributed by atoms with Crippen molar-refractivity contribution in [2.75, 3.05) is 34.9 Å². The van der Waals surface area contributed by atoms with E-state index in [1.807, 2.05) is 12.1 Å². The quantitative estimate of drug-likeness (QED) is 0.317. The predicted molar refractivity (Wildman–Crippen MR) is 97.4 cm³/mol. The summed E-state index contributed by atoms with van der Waals surface area (Å²) >= 11 is 1.27. The molecule has 0 bridgehead atoms. The van der Waals surface area contributed by atoms with Crippen LogP contribution in [0, 0.1) is 0 Å². The van der Waals surface area contributed by atoms with Gasteiger partial charge in [0.1, 0.15) is 11.5 Å². The van der Waals surface area contributed by atoms with Gasteiger partial charge in [-0.1, -0.05) is 17.8 Å². The normalized spacial score (nSPS) is 11.4. The highest BCUT2D eigenvalue weighted by Crippen LogP contribution is 2.29. The lowest BCUT2D eigenvalue weighted by atomic mass is 10.1. The summed E-state index contributed by atoms with van der Waals surface area (Å²) in [6.45, 7) is 4.12. The topological polar surface area (TPSA) is 51.1 Å². The van der Waals surface area contributed by atoms with Crippen LogP contribution in [0.5, 0.6) is 11.5 Å². The molecule has 124 valence electrons. The van der Waals surface area contributed by atoms with Crippen LogP contribution >= 0.6 is 11.8 Å². The lowest BCUT2D eigenvalue weighted by molar-refractivity contribution is -0.123. The van der Waals surface area contributed by atoms with Gasteiger partial charge in [-0.3, -0.25) is 9.79 Å². The first-order valence-electron chi connectivity index (χ1n) is 6.94. The zero-order valence-corrected chi connectivity index (χ0v) is 14.7. The van der Waals surface area contributed by atoms with Gasteiger partial charge in [-0.05, 0) is 18.2 Å². The lowest BCUT2D eigenvalue weighted by Crippen LogP contribution is -2.22. The SMILES string of the molecule is C=CCN=CS/C(=C/c1ccc(OC)cc1OC)C(=O)N(C)C. The number of hydrogen-bond acceptors (Lipinski definition) is 5. The van der Waals surface area contributed by atoms with Crippen molar-refractivity contribution in [2.45, 2.75) is 0 Å². The Labute approximate surface area is 141 Å². The van der Waals surface area contributed by atoms with E-state index >= 15 is 0 Å². The molecule has 0 aliphatic carbocycles. The van der Waals surface area contributed by atoms with E-state index in [0.717, 1.165) is 5.56 Å². The summed E-state index contributed by atoms with van der Waals surface area (Å²) in [7, 11) is 6.60. The van der Waals surface area contributed by atoms with Crippen LogP contribution in [0.25, 0.3) is 6.08 Å². The zero-order chi connectivity index (χ0) is 17.2. The van der Waals surface area contributed by atoms with Crippen LogP contribution < -0.4 is 9.47 Å². The fraction of sp³-hybridized carbons (Fsp3) is 0.294. The number of carbonyl (C=O) groups excluding carboxylic acids is 1. The standard InChI is InChI=1S/C17H22N2O3S/c1-6-9-18-12-23-16(17(20)19(2)3)10-13-7-8-14(21-4)11-15(13)22-5/h6-8,10-12H,1,9H2,2-5H3/b16-10+,18-12?. The molecule has 0 aromatic heterocycles. The van der Waals surface area contributed by atoms with E-state index in [2.05, 4.69) is 11.6 Å². The molecule has 1 aromatic carbocycles. The highest BCUT2D eigenvalue weighted by atomic mass is 32.2. The minimum absolute atomic E-state index is 0.0991. The van der Waals surface area contributed by atoms with Crippen LogP contribution in [0.4, 0.5) is 0 Å². The van der Waals surface area contributed by atoms with E-state index in [1.54, 1.807) is 52.1 Å². The van der Waals surface area contributed by atoms with Crippen molar-refractivity contribution in [3.8, 4) is 11.5 Å². The fourth-order valence-electron chi connectivity index (χ4n) is 1.66. The Morgan fingerprint density at radius 3 is 2.65 bits per heavy atom. The third-order valence-electron chi connectivity index (χ3n) is 2.83. The maximum Gasteiger partial charge on any atom is 0.260 e. The van der Waals surface area contributed by atoms with Gasteiger partial charge in [-0.2, -0.15) is 0 Å². The number of aliphatic imine (C=N–C) groups is 1. The Morgan fingerprint density at radius 1 is 1.35 bits per heavy atom.